The summed E-state index contributed by atoms with van der Waals surface area (Å²) in [5.41, 5.74) is 0.831. The Morgan fingerprint density at radius 2 is 1.95 bits per heavy atom. The van der Waals surface area contributed by atoms with Crippen molar-refractivity contribution in [1.82, 2.24) is 4.90 Å². The van der Waals surface area contributed by atoms with Crippen molar-refractivity contribution in [3.05, 3.63) is 29.8 Å². The fourth-order valence-electron chi connectivity index (χ4n) is 2.78. The molecule has 1 amide bonds. The van der Waals surface area contributed by atoms with E-state index in [0.717, 1.165) is 5.56 Å². The van der Waals surface area contributed by atoms with Crippen LogP contribution in [-0.2, 0) is 9.59 Å². The number of rotatable bonds is 4. The maximum atomic E-state index is 12.1. The zero-order valence-corrected chi connectivity index (χ0v) is 11.9. The van der Waals surface area contributed by atoms with E-state index in [-0.39, 0.29) is 18.4 Å². The highest BCUT2D eigenvalue weighted by Gasteiger charge is 2.45. The Labute approximate surface area is 118 Å². The lowest BCUT2D eigenvalue weighted by molar-refractivity contribution is -0.142. The highest BCUT2D eigenvalue weighted by molar-refractivity contribution is 5.87. The van der Waals surface area contributed by atoms with Gasteiger partial charge in [-0.15, -0.1) is 0 Å². The molecule has 1 aromatic rings. The van der Waals surface area contributed by atoms with Gasteiger partial charge in [0.05, 0.1) is 19.1 Å². The summed E-state index contributed by atoms with van der Waals surface area (Å²) in [5.74, 6) is -1.02. The average Bonchev–Trinajstić information content (AvgIpc) is 2.76. The summed E-state index contributed by atoms with van der Waals surface area (Å²) in [6.07, 6.45) is 0.0597. The fraction of sp³-hybridized carbons (Fsp3) is 0.467. The Bertz CT molecular complexity index is 509. The maximum absolute atomic E-state index is 12.1. The third-order valence-electron chi connectivity index (χ3n) is 3.69. The minimum atomic E-state index is -0.928. The number of nitrogens with zero attached hydrogens (tertiary/aromatic N) is 1. The summed E-state index contributed by atoms with van der Waals surface area (Å²) in [6.45, 7) is 3.80. The van der Waals surface area contributed by atoms with E-state index in [1.165, 1.54) is 0 Å². The first-order valence-electron chi connectivity index (χ1n) is 6.63. The summed E-state index contributed by atoms with van der Waals surface area (Å²) < 4.78 is 5.10. The van der Waals surface area contributed by atoms with Crippen molar-refractivity contribution < 1.29 is 19.4 Å². The van der Waals surface area contributed by atoms with Crippen LogP contribution in [0.5, 0.6) is 5.75 Å². The SMILES string of the molecule is COc1ccc([C@H]2[C@@H](C(=O)O)CC(=O)N2C(C)C)cc1. The number of likely N-dealkylation sites (tertiary alicyclic amines) is 1. The van der Waals surface area contributed by atoms with E-state index < -0.39 is 17.9 Å². The molecule has 1 N–H and O–H groups in total. The molecule has 1 saturated heterocycles. The van der Waals surface area contributed by atoms with Gasteiger partial charge < -0.3 is 14.7 Å². The molecule has 2 atom stereocenters. The number of hydrogen-bond donors (Lipinski definition) is 1. The monoisotopic (exact) mass is 277 g/mol. The molecule has 0 unspecified atom stereocenters. The second-order valence-electron chi connectivity index (χ2n) is 5.26. The van der Waals surface area contributed by atoms with Crippen molar-refractivity contribution in [3.8, 4) is 5.75 Å². The average molecular weight is 277 g/mol. The molecule has 0 aromatic heterocycles. The lowest BCUT2D eigenvalue weighted by Gasteiger charge is -2.30. The smallest absolute Gasteiger partial charge is 0.309 e. The van der Waals surface area contributed by atoms with Gasteiger partial charge in [-0.1, -0.05) is 12.1 Å². The van der Waals surface area contributed by atoms with Gasteiger partial charge in [0.2, 0.25) is 5.91 Å². The van der Waals surface area contributed by atoms with Gasteiger partial charge in [-0.25, -0.2) is 0 Å². The van der Waals surface area contributed by atoms with Gasteiger partial charge in [-0.3, -0.25) is 9.59 Å². The summed E-state index contributed by atoms with van der Waals surface area (Å²) >= 11 is 0. The largest absolute Gasteiger partial charge is 0.497 e. The first-order chi connectivity index (χ1) is 9.45. The number of carboxylic acids is 1. The molecule has 0 bridgehead atoms. The minimum absolute atomic E-state index is 0.0287. The molecule has 5 heteroatoms. The molecule has 1 heterocycles. The summed E-state index contributed by atoms with van der Waals surface area (Å²) in [5, 5.41) is 9.36. The lowest BCUT2D eigenvalue weighted by Crippen LogP contribution is -2.36. The highest BCUT2D eigenvalue weighted by Crippen LogP contribution is 2.40. The van der Waals surface area contributed by atoms with Crippen molar-refractivity contribution in [2.24, 2.45) is 5.92 Å². The van der Waals surface area contributed by atoms with Gasteiger partial charge in [0, 0.05) is 12.5 Å². The molecule has 108 valence electrons. The van der Waals surface area contributed by atoms with Gasteiger partial charge >= 0.3 is 5.97 Å². The maximum Gasteiger partial charge on any atom is 0.309 e. The van der Waals surface area contributed by atoms with Crippen molar-refractivity contribution in [2.75, 3.05) is 7.11 Å². The molecule has 20 heavy (non-hydrogen) atoms. The Hall–Kier alpha value is -2.04. The van der Waals surface area contributed by atoms with E-state index in [0.29, 0.717) is 5.75 Å². The van der Waals surface area contributed by atoms with E-state index in [4.69, 9.17) is 4.74 Å². The molecule has 0 radical (unpaired) electrons. The fourth-order valence-corrected chi connectivity index (χ4v) is 2.78. The lowest BCUT2D eigenvalue weighted by atomic mass is 9.93. The number of ether oxygens (including phenoxy) is 1. The molecule has 0 spiro atoms. The number of carbonyl (C=O) groups is 2. The first-order valence-corrected chi connectivity index (χ1v) is 6.63. The third-order valence-corrected chi connectivity index (χ3v) is 3.69. The second-order valence-corrected chi connectivity index (χ2v) is 5.26. The first kappa shape index (κ1) is 14.4. The molecule has 1 aliphatic rings. The van der Waals surface area contributed by atoms with Crippen molar-refractivity contribution in [2.45, 2.75) is 32.4 Å². The van der Waals surface area contributed by atoms with Gasteiger partial charge in [0.1, 0.15) is 5.75 Å². The van der Waals surface area contributed by atoms with Crippen LogP contribution in [0.15, 0.2) is 24.3 Å². The van der Waals surface area contributed by atoms with Crippen LogP contribution in [0.1, 0.15) is 31.9 Å². The number of methoxy groups -OCH3 is 1. The number of carboxylic acid groups (broad SMARTS) is 1. The molecule has 0 aliphatic carbocycles. The molecule has 0 saturated carbocycles. The van der Waals surface area contributed by atoms with Gasteiger partial charge in [0.25, 0.3) is 0 Å². The Morgan fingerprint density at radius 1 is 1.35 bits per heavy atom. The van der Waals surface area contributed by atoms with E-state index in [9.17, 15) is 14.7 Å². The van der Waals surface area contributed by atoms with E-state index in [2.05, 4.69) is 0 Å². The molecule has 1 aromatic carbocycles. The second kappa shape index (κ2) is 5.53. The van der Waals surface area contributed by atoms with Gasteiger partial charge in [0.15, 0.2) is 0 Å². The van der Waals surface area contributed by atoms with Crippen LogP contribution in [0.3, 0.4) is 0 Å². The number of benzene rings is 1. The molecule has 1 aliphatic heterocycles. The number of aliphatic carboxylic acids is 1. The topological polar surface area (TPSA) is 66.8 Å². The zero-order chi connectivity index (χ0) is 14.9. The molecular weight excluding hydrogens is 258 g/mol. The van der Waals surface area contributed by atoms with Gasteiger partial charge in [-0.2, -0.15) is 0 Å². The van der Waals surface area contributed by atoms with Crippen LogP contribution in [0.25, 0.3) is 0 Å². The summed E-state index contributed by atoms with van der Waals surface area (Å²) in [6, 6.07) is 6.79. The standard InChI is InChI=1S/C15H19NO4/c1-9(2)16-13(17)8-12(15(18)19)14(16)10-4-6-11(20-3)7-5-10/h4-7,9,12,14H,8H2,1-3H3,(H,18,19)/t12-,14-/m0/s1. The molecular formula is C15H19NO4. The Balaban J connectivity index is 2.40. The predicted molar refractivity (Wildman–Crippen MR) is 73.5 cm³/mol. The quantitative estimate of drug-likeness (QED) is 0.915. The predicted octanol–water partition coefficient (Wildman–Crippen LogP) is 2.08. The minimum Gasteiger partial charge on any atom is -0.497 e. The number of amides is 1. The summed E-state index contributed by atoms with van der Waals surface area (Å²) in [7, 11) is 1.58. The molecule has 1 fully saturated rings. The van der Waals surface area contributed by atoms with Crippen LogP contribution in [-0.4, -0.2) is 35.0 Å². The van der Waals surface area contributed by atoms with Crippen LogP contribution in [0.2, 0.25) is 0 Å². The van der Waals surface area contributed by atoms with E-state index >= 15 is 0 Å². The highest BCUT2D eigenvalue weighted by atomic mass is 16.5. The third kappa shape index (κ3) is 2.48. The van der Waals surface area contributed by atoms with Crippen molar-refractivity contribution in [1.29, 1.82) is 0 Å². The van der Waals surface area contributed by atoms with E-state index in [1.807, 2.05) is 26.0 Å². The molecule has 2 rings (SSSR count). The van der Waals surface area contributed by atoms with Crippen molar-refractivity contribution >= 4 is 11.9 Å². The Morgan fingerprint density at radius 3 is 2.40 bits per heavy atom. The number of hydrogen-bond acceptors (Lipinski definition) is 3. The van der Waals surface area contributed by atoms with Crippen molar-refractivity contribution in [3.63, 3.8) is 0 Å². The van der Waals surface area contributed by atoms with E-state index in [1.54, 1.807) is 24.1 Å². The zero-order valence-electron chi connectivity index (χ0n) is 11.9. The molecule has 5 nitrogen and oxygen atoms in total. The van der Waals surface area contributed by atoms with Crippen LogP contribution >= 0.6 is 0 Å². The Kier molecular flexibility index (Phi) is 3.97. The summed E-state index contributed by atoms with van der Waals surface area (Å²) in [4.78, 5) is 25.2. The van der Waals surface area contributed by atoms with Crippen LogP contribution in [0.4, 0.5) is 0 Å². The van der Waals surface area contributed by atoms with Crippen LogP contribution < -0.4 is 4.74 Å². The van der Waals surface area contributed by atoms with Gasteiger partial charge in [-0.05, 0) is 31.5 Å². The normalized spacial score (nSPS) is 22.4. The number of carbonyl (C=O) groups excluding carboxylic acids is 1. The van der Waals surface area contributed by atoms with Crippen LogP contribution in [0, 0.1) is 5.92 Å².